The zero-order chi connectivity index (χ0) is 16.2. The SMILES string of the molecule is CC(C)(C)OCCSCC(=O)N1CCN(C(=O)C2CC2)CC1. The fourth-order valence-corrected chi connectivity index (χ4v) is 3.12. The number of rotatable bonds is 6. The topological polar surface area (TPSA) is 49.9 Å². The molecule has 0 radical (unpaired) electrons. The van der Waals surface area contributed by atoms with Crippen LogP contribution in [0.4, 0.5) is 0 Å². The predicted octanol–water partition coefficient (Wildman–Crippen LogP) is 1.62. The van der Waals surface area contributed by atoms with E-state index in [1.165, 1.54) is 0 Å². The second-order valence-electron chi connectivity index (χ2n) is 6.99. The molecule has 1 aliphatic heterocycles. The Hall–Kier alpha value is -0.750. The lowest BCUT2D eigenvalue weighted by atomic mass is 10.2. The van der Waals surface area contributed by atoms with Gasteiger partial charge in [0.2, 0.25) is 11.8 Å². The number of nitrogens with zero attached hydrogens (tertiary/aromatic N) is 2. The van der Waals surface area contributed by atoms with Gasteiger partial charge in [0.1, 0.15) is 0 Å². The van der Waals surface area contributed by atoms with Gasteiger partial charge in [0.05, 0.1) is 18.0 Å². The van der Waals surface area contributed by atoms with E-state index in [4.69, 9.17) is 4.74 Å². The number of carbonyl (C=O) groups is 2. The van der Waals surface area contributed by atoms with Crippen LogP contribution in [0.1, 0.15) is 33.6 Å². The van der Waals surface area contributed by atoms with Crippen LogP contribution in [-0.2, 0) is 14.3 Å². The van der Waals surface area contributed by atoms with Crippen molar-refractivity contribution in [3.63, 3.8) is 0 Å². The Kier molecular flexibility index (Phi) is 6.15. The van der Waals surface area contributed by atoms with Gasteiger partial charge in [0.25, 0.3) is 0 Å². The van der Waals surface area contributed by atoms with Crippen LogP contribution in [0.5, 0.6) is 0 Å². The summed E-state index contributed by atoms with van der Waals surface area (Å²) in [6, 6.07) is 0. The van der Waals surface area contributed by atoms with Crippen LogP contribution in [0.15, 0.2) is 0 Å². The van der Waals surface area contributed by atoms with Crippen LogP contribution in [0.3, 0.4) is 0 Å². The van der Waals surface area contributed by atoms with Gasteiger partial charge in [0.15, 0.2) is 0 Å². The van der Waals surface area contributed by atoms with Gasteiger partial charge in [-0.25, -0.2) is 0 Å². The quantitative estimate of drug-likeness (QED) is 0.695. The van der Waals surface area contributed by atoms with Gasteiger partial charge in [-0.05, 0) is 33.6 Å². The number of thioether (sulfide) groups is 1. The number of piperazine rings is 1. The summed E-state index contributed by atoms with van der Waals surface area (Å²) in [4.78, 5) is 27.9. The van der Waals surface area contributed by atoms with Crippen molar-refractivity contribution in [3.8, 4) is 0 Å². The Morgan fingerprint density at radius 2 is 1.68 bits per heavy atom. The summed E-state index contributed by atoms with van der Waals surface area (Å²) < 4.78 is 5.64. The molecule has 2 aliphatic rings. The summed E-state index contributed by atoms with van der Waals surface area (Å²) in [5.74, 6) is 2.09. The molecule has 0 aromatic heterocycles. The molecule has 0 spiro atoms. The van der Waals surface area contributed by atoms with E-state index in [1.807, 2.05) is 30.6 Å². The minimum atomic E-state index is -0.116. The Bertz CT molecular complexity index is 397. The summed E-state index contributed by atoms with van der Waals surface area (Å²) in [5, 5.41) is 0. The summed E-state index contributed by atoms with van der Waals surface area (Å²) in [5.41, 5.74) is -0.116. The zero-order valence-corrected chi connectivity index (χ0v) is 14.8. The van der Waals surface area contributed by atoms with Gasteiger partial charge in [-0.15, -0.1) is 11.8 Å². The van der Waals surface area contributed by atoms with Crippen molar-refractivity contribution in [2.75, 3.05) is 44.3 Å². The van der Waals surface area contributed by atoms with Gasteiger partial charge in [-0.1, -0.05) is 0 Å². The summed E-state index contributed by atoms with van der Waals surface area (Å²) in [6.07, 6.45) is 2.09. The van der Waals surface area contributed by atoms with Crippen molar-refractivity contribution in [2.45, 2.75) is 39.2 Å². The normalized spacial score (nSPS) is 19.4. The van der Waals surface area contributed by atoms with Crippen LogP contribution >= 0.6 is 11.8 Å². The Morgan fingerprint density at radius 3 is 2.23 bits per heavy atom. The molecule has 0 atom stereocenters. The van der Waals surface area contributed by atoms with E-state index in [2.05, 4.69) is 0 Å². The van der Waals surface area contributed by atoms with Gasteiger partial charge in [-0.3, -0.25) is 9.59 Å². The fourth-order valence-electron chi connectivity index (χ4n) is 2.42. The molecule has 1 saturated heterocycles. The second kappa shape index (κ2) is 7.68. The monoisotopic (exact) mass is 328 g/mol. The molecule has 0 N–H and O–H groups in total. The number of hydrogen-bond acceptors (Lipinski definition) is 4. The maximum absolute atomic E-state index is 12.1. The van der Waals surface area contributed by atoms with Crippen molar-refractivity contribution < 1.29 is 14.3 Å². The van der Waals surface area contributed by atoms with Crippen molar-refractivity contribution in [2.24, 2.45) is 5.92 Å². The molecule has 2 amide bonds. The van der Waals surface area contributed by atoms with Gasteiger partial charge >= 0.3 is 0 Å². The Labute approximate surface area is 137 Å². The minimum Gasteiger partial charge on any atom is -0.375 e. The first-order valence-corrected chi connectivity index (χ1v) is 9.30. The molecule has 0 bridgehead atoms. The molecule has 2 fully saturated rings. The zero-order valence-electron chi connectivity index (χ0n) is 14.0. The first kappa shape index (κ1) is 17.6. The molecule has 22 heavy (non-hydrogen) atoms. The average molecular weight is 328 g/mol. The largest absolute Gasteiger partial charge is 0.375 e. The number of carbonyl (C=O) groups excluding carboxylic acids is 2. The molecule has 0 aromatic rings. The molecule has 1 aliphatic carbocycles. The van der Waals surface area contributed by atoms with E-state index < -0.39 is 0 Å². The predicted molar refractivity (Wildman–Crippen MR) is 88.9 cm³/mol. The maximum Gasteiger partial charge on any atom is 0.232 e. The smallest absolute Gasteiger partial charge is 0.232 e. The third kappa shape index (κ3) is 5.80. The highest BCUT2D eigenvalue weighted by molar-refractivity contribution is 7.99. The van der Waals surface area contributed by atoms with E-state index >= 15 is 0 Å². The van der Waals surface area contributed by atoms with Crippen LogP contribution in [0.2, 0.25) is 0 Å². The third-order valence-corrected chi connectivity index (χ3v) is 4.77. The molecule has 0 aromatic carbocycles. The standard InChI is InChI=1S/C16H28N2O3S/c1-16(2,3)21-10-11-22-12-14(19)17-6-8-18(9-7-17)15(20)13-4-5-13/h13H,4-12H2,1-3H3. The first-order valence-electron chi connectivity index (χ1n) is 8.15. The van der Waals surface area contributed by atoms with Gasteiger partial charge in [-0.2, -0.15) is 0 Å². The van der Waals surface area contributed by atoms with Gasteiger partial charge in [0, 0.05) is 37.8 Å². The van der Waals surface area contributed by atoms with Crippen LogP contribution in [0.25, 0.3) is 0 Å². The van der Waals surface area contributed by atoms with E-state index in [0.717, 1.165) is 18.6 Å². The average Bonchev–Trinajstić information content (AvgIpc) is 3.29. The minimum absolute atomic E-state index is 0.116. The van der Waals surface area contributed by atoms with Crippen molar-refractivity contribution in [1.82, 2.24) is 9.80 Å². The van der Waals surface area contributed by atoms with E-state index in [0.29, 0.717) is 44.4 Å². The van der Waals surface area contributed by atoms with E-state index in [9.17, 15) is 9.59 Å². The lowest BCUT2D eigenvalue weighted by Crippen LogP contribution is -2.51. The van der Waals surface area contributed by atoms with Crippen LogP contribution < -0.4 is 0 Å². The summed E-state index contributed by atoms with van der Waals surface area (Å²) in [7, 11) is 0. The molecule has 1 heterocycles. The highest BCUT2D eigenvalue weighted by Crippen LogP contribution is 2.31. The molecule has 1 saturated carbocycles. The second-order valence-corrected chi connectivity index (χ2v) is 8.10. The lowest BCUT2D eigenvalue weighted by Gasteiger charge is -2.35. The Morgan fingerprint density at radius 1 is 1.09 bits per heavy atom. The van der Waals surface area contributed by atoms with Crippen molar-refractivity contribution in [3.05, 3.63) is 0 Å². The third-order valence-electron chi connectivity index (χ3n) is 3.86. The fraction of sp³-hybridized carbons (Fsp3) is 0.875. The molecular weight excluding hydrogens is 300 g/mol. The lowest BCUT2D eigenvalue weighted by molar-refractivity contribution is -0.139. The number of ether oxygens (including phenoxy) is 1. The highest BCUT2D eigenvalue weighted by Gasteiger charge is 2.35. The molecular formula is C16H28N2O3S. The summed E-state index contributed by atoms with van der Waals surface area (Å²) in [6.45, 7) is 9.51. The number of hydrogen-bond donors (Lipinski definition) is 0. The first-order chi connectivity index (χ1) is 10.4. The van der Waals surface area contributed by atoms with E-state index in [1.54, 1.807) is 11.8 Å². The molecule has 6 heteroatoms. The van der Waals surface area contributed by atoms with Crippen molar-refractivity contribution in [1.29, 1.82) is 0 Å². The maximum atomic E-state index is 12.1. The van der Waals surface area contributed by atoms with Crippen LogP contribution in [0, 0.1) is 5.92 Å². The highest BCUT2D eigenvalue weighted by atomic mass is 32.2. The van der Waals surface area contributed by atoms with Crippen LogP contribution in [-0.4, -0.2) is 71.5 Å². The molecule has 0 unspecified atom stereocenters. The molecule has 126 valence electrons. The van der Waals surface area contributed by atoms with Gasteiger partial charge < -0.3 is 14.5 Å². The molecule has 5 nitrogen and oxygen atoms in total. The Balaban J connectivity index is 1.58. The number of amides is 2. The van der Waals surface area contributed by atoms with Crippen molar-refractivity contribution >= 4 is 23.6 Å². The molecule has 2 rings (SSSR count). The van der Waals surface area contributed by atoms with E-state index in [-0.39, 0.29) is 17.4 Å². The summed E-state index contributed by atoms with van der Waals surface area (Å²) >= 11 is 1.62.